The van der Waals surface area contributed by atoms with Crippen LogP contribution in [0.2, 0.25) is 0 Å². The number of carboxylic acids is 1. The fourth-order valence-electron chi connectivity index (χ4n) is 1.45. The van der Waals surface area contributed by atoms with E-state index in [9.17, 15) is 14.0 Å². The Bertz CT molecular complexity index is 495. The second-order valence-electron chi connectivity index (χ2n) is 3.85. The maximum Gasteiger partial charge on any atom is 0.326 e. The van der Waals surface area contributed by atoms with Gasteiger partial charge in [0.25, 0.3) is 0 Å². The van der Waals surface area contributed by atoms with Gasteiger partial charge in [-0.05, 0) is 12.1 Å². The van der Waals surface area contributed by atoms with Crippen LogP contribution in [0.15, 0.2) is 18.2 Å². The SMILES string of the molecule is COc1cc(NC(=O)NC(CCO)C(=O)O)ccc1F. The van der Waals surface area contributed by atoms with Crippen LogP contribution in [0.1, 0.15) is 6.42 Å². The number of benzene rings is 1. The van der Waals surface area contributed by atoms with E-state index < -0.39 is 23.9 Å². The molecule has 0 heterocycles. The number of hydrogen-bond donors (Lipinski definition) is 4. The van der Waals surface area contributed by atoms with Crippen molar-refractivity contribution in [2.24, 2.45) is 0 Å². The van der Waals surface area contributed by atoms with Crippen LogP contribution in [-0.2, 0) is 4.79 Å². The number of carboxylic acid groups (broad SMARTS) is 1. The summed E-state index contributed by atoms with van der Waals surface area (Å²) in [5.41, 5.74) is 0.244. The average Bonchev–Trinajstić information content (AvgIpc) is 2.40. The lowest BCUT2D eigenvalue weighted by Crippen LogP contribution is -2.43. The number of amides is 2. The second kappa shape index (κ2) is 7.29. The number of rotatable bonds is 6. The topological polar surface area (TPSA) is 108 Å². The van der Waals surface area contributed by atoms with Gasteiger partial charge in [-0.3, -0.25) is 0 Å². The van der Waals surface area contributed by atoms with Crippen molar-refractivity contribution in [3.8, 4) is 5.75 Å². The van der Waals surface area contributed by atoms with E-state index in [1.54, 1.807) is 0 Å². The first-order valence-corrected chi connectivity index (χ1v) is 5.72. The third kappa shape index (κ3) is 4.39. The first kappa shape index (κ1) is 15.7. The van der Waals surface area contributed by atoms with Gasteiger partial charge in [-0.1, -0.05) is 0 Å². The number of methoxy groups -OCH3 is 1. The summed E-state index contributed by atoms with van der Waals surface area (Å²) in [6.07, 6.45) is -0.116. The lowest BCUT2D eigenvalue weighted by atomic mass is 10.2. The van der Waals surface area contributed by atoms with Crippen LogP contribution in [0.3, 0.4) is 0 Å². The third-order valence-electron chi connectivity index (χ3n) is 2.43. The number of carbonyl (C=O) groups excluding carboxylic acids is 1. The van der Waals surface area contributed by atoms with Crippen molar-refractivity contribution >= 4 is 17.7 Å². The minimum absolute atomic E-state index is 0.0482. The second-order valence-corrected chi connectivity index (χ2v) is 3.85. The van der Waals surface area contributed by atoms with Crippen LogP contribution in [0.25, 0.3) is 0 Å². The molecule has 4 N–H and O–H groups in total. The molecule has 0 fully saturated rings. The number of hydrogen-bond acceptors (Lipinski definition) is 4. The van der Waals surface area contributed by atoms with E-state index in [4.69, 9.17) is 14.9 Å². The molecule has 1 unspecified atom stereocenters. The maximum atomic E-state index is 13.2. The molecule has 0 saturated carbocycles. The normalized spacial score (nSPS) is 11.6. The zero-order valence-electron chi connectivity index (χ0n) is 10.7. The van der Waals surface area contributed by atoms with Gasteiger partial charge >= 0.3 is 12.0 Å². The smallest absolute Gasteiger partial charge is 0.326 e. The van der Waals surface area contributed by atoms with Gasteiger partial charge in [0, 0.05) is 24.8 Å². The quantitative estimate of drug-likeness (QED) is 0.618. The number of aliphatic carboxylic acids is 1. The standard InChI is InChI=1S/C12H15FN2O5/c1-20-10-6-7(2-3-8(10)13)14-12(19)15-9(4-5-16)11(17)18/h2-3,6,9,16H,4-5H2,1H3,(H,17,18)(H2,14,15,19). The first-order chi connectivity index (χ1) is 9.47. The highest BCUT2D eigenvalue weighted by Gasteiger charge is 2.19. The minimum Gasteiger partial charge on any atom is -0.494 e. The number of aliphatic hydroxyl groups excluding tert-OH is 1. The Morgan fingerprint density at radius 1 is 1.45 bits per heavy atom. The van der Waals surface area contributed by atoms with Gasteiger partial charge in [0.15, 0.2) is 11.6 Å². The molecule has 2 amide bonds. The Morgan fingerprint density at radius 2 is 2.15 bits per heavy atom. The van der Waals surface area contributed by atoms with Crippen LogP contribution < -0.4 is 15.4 Å². The van der Waals surface area contributed by atoms with Gasteiger partial charge in [-0.15, -0.1) is 0 Å². The van der Waals surface area contributed by atoms with Crippen molar-refractivity contribution in [3.63, 3.8) is 0 Å². The summed E-state index contributed by atoms with van der Waals surface area (Å²) in [7, 11) is 1.28. The van der Waals surface area contributed by atoms with Crippen LogP contribution in [-0.4, -0.2) is 42.0 Å². The van der Waals surface area contributed by atoms with Gasteiger partial charge in [-0.25, -0.2) is 14.0 Å². The molecule has 7 nitrogen and oxygen atoms in total. The molecule has 110 valence electrons. The van der Waals surface area contributed by atoms with E-state index in [1.165, 1.54) is 19.2 Å². The van der Waals surface area contributed by atoms with Crippen molar-refractivity contribution in [2.75, 3.05) is 19.0 Å². The number of aliphatic hydroxyl groups is 1. The Morgan fingerprint density at radius 3 is 2.70 bits per heavy atom. The molecular formula is C12H15FN2O5. The molecule has 0 radical (unpaired) electrons. The van der Waals surface area contributed by atoms with Crippen molar-refractivity contribution in [3.05, 3.63) is 24.0 Å². The molecule has 8 heteroatoms. The highest BCUT2D eigenvalue weighted by molar-refractivity contribution is 5.92. The summed E-state index contributed by atoms with van der Waals surface area (Å²) in [4.78, 5) is 22.4. The minimum atomic E-state index is -1.26. The summed E-state index contributed by atoms with van der Waals surface area (Å²) < 4.78 is 17.9. The van der Waals surface area contributed by atoms with Crippen LogP contribution in [0.5, 0.6) is 5.75 Å². The molecule has 0 aromatic heterocycles. The van der Waals surface area contributed by atoms with E-state index in [0.717, 1.165) is 6.07 Å². The molecule has 0 saturated heterocycles. The van der Waals surface area contributed by atoms with Gasteiger partial charge in [0.1, 0.15) is 6.04 Å². The monoisotopic (exact) mass is 286 g/mol. The highest BCUT2D eigenvalue weighted by Crippen LogP contribution is 2.21. The average molecular weight is 286 g/mol. The van der Waals surface area contributed by atoms with Gasteiger partial charge in [0.2, 0.25) is 0 Å². The van der Waals surface area contributed by atoms with Crippen molar-refractivity contribution in [1.29, 1.82) is 0 Å². The van der Waals surface area contributed by atoms with Crippen LogP contribution in [0.4, 0.5) is 14.9 Å². The Labute approximate surface area is 114 Å². The van der Waals surface area contributed by atoms with E-state index in [0.29, 0.717) is 0 Å². The molecule has 0 aliphatic rings. The fraction of sp³-hybridized carbons (Fsp3) is 0.333. The van der Waals surface area contributed by atoms with Crippen LogP contribution >= 0.6 is 0 Å². The first-order valence-electron chi connectivity index (χ1n) is 5.72. The Kier molecular flexibility index (Phi) is 5.73. The summed E-state index contributed by atoms with van der Waals surface area (Å²) in [5.74, 6) is -1.89. The lowest BCUT2D eigenvalue weighted by Gasteiger charge is -2.14. The Hall–Kier alpha value is -2.35. The number of carbonyl (C=O) groups is 2. The number of urea groups is 1. The zero-order chi connectivity index (χ0) is 15.1. The molecule has 20 heavy (non-hydrogen) atoms. The van der Waals surface area contributed by atoms with E-state index >= 15 is 0 Å². The van der Waals surface area contributed by atoms with E-state index in [2.05, 4.69) is 10.6 Å². The molecule has 1 rings (SSSR count). The van der Waals surface area contributed by atoms with Gasteiger partial charge < -0.3 is 25.6 Å². The third-order valence-corrected chi connectivity index (χ3v) is 2.43. The molecular weight excluding hydrogens is 271 g/mol. The molecule has 0 aliphatic carbocycles. The fourth-order valence-corrected chi connectivity index (χ4v) is 1.45. The number of halogens is 1. The number of nitrogens with one attached hydrogen (secondary N) is 2. The van der Waals surface area contributed by atoms with E-state index in [-0.39, 0.29) is 24.5 Å². The Balaban J connectivity index is 2.68. The summed E-state index contributed by atoms with van der Waals surface area (Å²) >= 11 is 0. The summed E-state index contributed by atoms with van der Waals surface area (Å²) in [6, 6.07) is 1.69. The van der Waals surface area contributed by atoms with Crippen molar-refractivity contribution < 1.29 is 28.9 Å². The number of ether oxygens (including phenoxy) is 1. The predicted octanol–water partition coefficient (Wildman–Crippen LogP) is 0.791. The molecule has 1 aromatic carbocycles. The summed E-state index contributed by atoms with van der Waals surface area (Å²) in [6.45, 7) is -0.373. The number of anilines is 1. The molecule has 0 spiro atoms. The summed E-state index contributed by atoms with van der Waals surface area (Å²) in [5, 5.41) is 22.0. The van der Waals surface area contributed by atoms with Gasteiger partial charge in [-0.2, -0.15) is 0 Å². The predicted molar refractivity (Wildman–Crippen MR) is 68.2 cm³/mol. The zero-order valence-corrected chi connectivity index (χ0v) is 10.7. The molecule has 0 bridgehead atoms. The highest BCUT2D eigenvalue weighted by atomic mass is 19.1. The van der Waals surface area contributed by atoms with E-state index in [1.807, 2.05) is 0 Å². The molecule has 1 aromatic rings. The van der Waals surface area contributed by atoms with Crippen LogP contribution in [0, 0.1) is 5.82 Å². The van der Waals surface area contributed by atoms with Crippen molar-refractivity contribution in [1.82, 2.24) is 5.32 Å². The van der Waals surface area contributed by atoms with Crippen molar-refractivity contribution in [2.45, 2.75) is 12.5 Å². The largest absolute Gasteiger partial charge is 0.494 e. The maximum absolute atomic E-state index is 13.2. The molecule has 1 atom stereocenters. The molecule has 0 aliphatic heterocycles. The van der Waals surface area contributed by atoms with Gasteiger partial charge in [0.05, 0.1) is 7.11 Å². The lowest BCUT2D eigenvalue weighted by molar-refractivity contribution is -0.139.